The number of anilines is 2. The van der Waals surface area contributed by atoms with E-state index in [4.69, 9.17) is 16.3 Å². The number of carbonyl (C=O) groups excluding carboxylic acids is 2. The van der Waals surface area contributed by atoms with Gasteiger partial charge < -0.3 is 15.4 Å². The Hall–Kier alpha value is -4.11. The molecule has 2 heterocycles. The topological polar surface area (TPSA) is 103 Å². The van der Waals surface area contributed by atoms with E-state index < -0.39 is 0 Å². The van der Waals surface area contributed by atoms with Gasteiger partial charge in [0.2, 0.25) is 0 Å². The van der Waals surface area contributed by atoms with E-state index in [0.717, 1.165) is 5.56 Å². The molecule has 2 aromatic carbocycles. The SMILES string of the molecule is CCn1nccc1C(=O)Nc1cccc(NC(=O)c2ccn(COc3ccc(Cl)cc3C)n2)c1. The Morgan fingerprint density at radius 3 is 2.53 bits per heavy atom. The first-order valence-electron chi connectivity index (χ1n) is 10.6. The zero-order chi connectivity index (χ0) is 24.1. The van der Waals surface area contributed by atoms with E-state index in [-0.39, 0.29) is 24.2 Å². The molecule has 0 saturated heterocycles. The Bertz CT molecular complexity index is 1330. The number of ether oxygens (including phenoxy) is 1. The summed E-state index contributed by atoms with van der Waals surface area (Å²) in [6.07, 6.45) is 3.24. The molecule has 2 aromatic heterocycles. The van der Waals surface area contributed by atoms with Gasteiger partial charge in [-0.3, -0.25) is 14.3 Å². The molecule has 4 rings (SSSR count). The summed E-state index contributed by atoms with van der Waals surface area (Å²) in [5.41, 5.74) is 2.67. The van der Waals surface area contributed by atoms with Gasteiger partial charge in [0.1, 0.15) is 11.4 Å². The molecule has 174 valence electrons. The lowest BCUT2D eigenvalue weighted by molar-refractivity contribution is 0.101. The second-order valence-electron chi connectivity index (χ2n) is 7.44. The van der Waals surface area contributed by atoms with Crippen molar-refractivity contribution in [2.24, 2.45) is 0 Å². The molecular weight excluding hydrogens is 456 g/mol. The number of aryl methyl sites for hydroxylation is 2. The number of benzene rings is 2. The van der Waals surface area contributed by atoms with Gasteiger partial charge in [0.15, 0.2) is 12.4 Å². The molecule has 0 radical (unpaired) electrons. The molecule has 0 fully saturated rings. The Morgan fingerprint density at radius 2 is 1.79 bits per heavy atom. The molecule has 0 bridgehead atoms. The number of amides is 2. The van der Waals surface area contributed by atoms with E-state index in [1.807, 2.05) is 19.9 Å². The normalized spacial score (nSPS) is 10.7. The van der Waals surface area contributed by atoms with Crippen LogP contribution in [0.1, 0.15) is 33.5 Å². The minimum absolute atomic E-state index is 0.144. The van der Waals surface area contributed by atoms with Crippen molar-refractivity contribution < 1.29 is 14.3 Å². The van der Waals surface area contributed by atoms with Crippen molar-refractivity contribution in [3.8, 4) is 5.75 Å². The van der Waals surface area contributed by atoms with E-state index in [1.165, 1.54) is 4.68 Å². The first-order valence-corrected chi connectivity index (χ1v) is 11.0. The van der Waals surface area contributed by atoms with E-state index in [2.05, 4.69) is 20.8 Å². The van der Waals surface area contributed by atoms with Crippen LogP contribution in [0.15, 0.2) is 67.0 Å². The van der Waals surface area contributed by atoms with Crippen LogP contribution in [-0.2, 0) is 13.3 Å². The van der Waals surface area contributed by atoms with Gasteiger partial charge in [-0.25, -0.2) is 4.68 Å². The van der Waals surface area contributed by atoms with Crippen LogP contribution in [0.4, 0.5) is 11.4 Å². The van der Waals surface area contributed by atoms with Crippen molar-refractivity contribution in [1.29, 1.82) is 0 Å². The van der Waals surface area contributed by atoms with Crippen LogP contribution in [0.5, 0.6) is 5.75 Å². The molecule has 2 amide bonds. The highest BCUT2D eigenvalue weighted by atomic mass is 35.5. The van der Waals surface area contributed by atoms with Gasteiger partial charge in [-0.05, 0) is 67.9 Å². The first kappa shape index (κ1) is 23.1. The third-order valence-electron chi connectivity index (χ3n) is 4.99. The summed E-state index contributed by atoms with van der Waals surface area (Å²) in [5, 5.41) is 14.6. The monoisotopic (exact) mass is 478 g/mol. The molecular formula is C24H23ClN6O3. The van der Waals surface area contributed by atoms with Gasteiger partial charge >= 0.3 is 0 Å². The molecule has 2 N–H and O–H groups in total. The van der Waals surface area contributed by atoms with Gasteiger partial charge in [-0.15, -0.1) is 0 Å². The van der Waals surface area contributed by atoms with E-state index in [1.54, 1.807) is 65.6 Å². The standard InChI is InChI=1S/C24H23ClN6O3/c1-3-31-21(9-11-26-31)24(33)28-19-6-4-5-18(14-19)27-23(32)20-10-12-30(29-20)15-34-22-8-7-17(25)13-16(22)2/h4-14H,3,15H2,1-2H3,(H,27,32)(H,28,33). The highest BCUT2D eigenvalue weighted by molar-refractivity contribution is 6.30. The van der Waals surface area contributed by atoms with Gasteiger partial charge in [-0.1, -0.05) is 17.7 Å². The number of halogens is 1. The van der Waals surface area contributed by atoms with Crippen molar-refractivity contribution >= 4 is 34.8 Å². The molecule has 34 heavy (non-hydrogen) atoms. The number of hydrogen-bond donors (Lipinski definition) is 2. The van der Waals surface area contributed by atoms with Crippen molar-refractivity contribution in [3.05, 3.63) is 89.0 Å². The van der Waals surface area contributed by atoms with Crippen molar-refractivity contribution in [1.82, 2.24) is 19.6 Å². The summed E-state index contributed by atoms with van der Waals surface area (Å²) in [6.45, 7) is 4.54. The Kier molecular flexibility index (Phi) is 6.93. The molecule has 9 nitrogen and oxygen atoms in total. The smallest absolute Gasteiger partial charge is 0.276 e. The predicted octanol–water partition coefficient (Wildman–Crippen LogP) is 4.60. The number of carbonyl (C=O) groups is 2. The van der Waals surface area contributed by atoms with Crippen LogP contribution >= 0.6 is 11.6 Å². The van der Waals surface area contributed by atoms with Gasteiger partial charge in [0, 0.05) is 35.3 Å². The Morgan fingerprint density at radius 1 is 1.03 bits per heavy atom. The maximum absolute atomic E-state index is 12.7. The summed E-state index contributed by atoms with van der Waals surface area (Å²) >= 11 is 5.97. The maximum Gasteiger partial charge on any atom is 0.276 e. The van der Waals surface area contributed by atoms with Gasteiger partial charge in [0.25, 0.3) is 11.8 Å². The van der Waals surface area contributed by atoms with E-state index in [0.29, 0.717) is 34.4 Å². The quantitative estimate of drug-likeness (QED) is 0.385. The fourth-order valence-electron chi connectivity index (χ4n) is 3.31. The number of hydrogen-bond acceptors (Lipinski definition) is 5. The third kappa shape index (κ3) is 5.44. The number of nitrogens with zero attached hydrogens (tertiary/aromatic N) is 4. The number of aromatic nitrogens is 4. The Labute approximate surface area is 201 Å². The minimum Gasteiger partial charge on any atom is -0.471 e. The van der Waals surface area contributed by atoms with Crippen molar-refractivity contribution in [3.63, 3.8) is 0 Å². The summed E-state index contributed by atoms with van der Waals surface area (Å²) in [4.78, 5) is 25.2. The largest absolute Gasteiger partial charge is 0.471 e. The summed E-state index contributed by atoms with van der Waals surface area (Å²) in [6, 6.07) is 15.5. The predicted molar refractivity (Wildman–Crippen MR) is 129 cm³/mol. The lowest BCUT2D eigenvalue weighted by Crippen LogP contribution is -2.18. The van der Waals surface area contributed by atoms with Crippen LogP contribution in [-0.4, -0.2) is 31.4 Å². The van der Waals surface area contributed by atoms with Crippen LogP contribution in [0.2, 0.25) is 5.02 Å². The zero-order valence-electron chi connectivity index (χ0n) is 18.7. The summed E-state index contributed by atoms with van der Waals surface area (Å²) in [7, 11) is 0. The zero-order valence-corrected chi connectivity index (χ0v) is 19.4. The molecule has 0 aliphatic heterocycles. The van der Waals surface area contributed by atoms with Crippen LogP contribution in [0.3, 0.4) is 0 Å². The molecule has 0 unspecified atom stereocenters. The minimum atomic E-state index is -0.381. The van der Waals surface area contributed by atoms with Gasteiger partial charge in [0.05, 0.1) is 0 Å². The first-order chi connectivity index (χ1) is 16.4. The number of rotatable bonds is 8. The molecule has 0 aliphatic rings. The lowest BCUT2D eigenvalue weighted by atomic mass is 10.2. The molecule has 4 aromatic rings. The van der Waals surface area contributed by atoms with Crippen LogP contribution in [0, 0.1) is 6.92 Å². The van der Waals surface area contributed by atoms with E-state index in [9.17, 15) is 9.59 Å². The van der Waals surface area contributed by atoms with Gasteiger partial charge in [-0.2, -0.15) is 10.2 Å². The fourth-order valence-corrected chi connectivity index (χ4v) is 3.53. The van der Waals surface area contributed by atoms with Crippen molar-refractivity contribution in [2.45, 2.75) is 27.1 Å². The maximum atomic E-state index is 12.7. The highest BCUT2D eigenvalue weighted by Crippen LogP contribution is 2.22. The molecule has 0 atom stereocenters. The highest BCUT2D eigenvalue weighted by Gasteiger charge is 2.13. The van der Waals surface area contributed by atoms with Crippen molar-refractivity contribution in [2.75, 3.05) is 10.6 Å². The molecule has 10 heteroatoms. The molecule has 0 saturated carbocycles. The molecule has 0 spiro atoms. The fraction of sp³-hybridized carbons (Fsp3) is 0.167. The van der Waals surface area contributed by atoms with Crippen LogP contribution < -0.4 is 15.4 Å². The average Bonchev–Trinajstić information content (AvgIpc) is 3.48. The summed E-state index contributed by atoms with van der Waals surface area (Å²) in [5.74, 6) is 0.0261. The second kappa shape index (κ2) is 10.2. The molecule has 0 aliphatic carbocycles. The lowest BCUT2D eigenvalue weighted by Gasteiger charge is -2.10. The Balaban J connectivity index is 1.36. The average molecular weight is 479 g/mol. The van der Waals surface area contributed by atoms with Crippen LogP contribution in [0.25, 0.3) is 0 Å². The van der Waals surface area contributed by atoms with E-state index >= 15 is 0 Å². The third-order valence-corrected chi connectivity index (χ3v) is 5.22. The summed E-state index contributed by atoms with van der Waals surface area (Å²) < 4.78 is 8.88. The second-order valence-corrected chi connectivity index (χ2v) is 7.88. The number of nitrogens with one attached hydrogen (secondary N) is 2.